The van der Waals surface area contributed by atoms with E-state index in [4.69, 9.17) is 4.74 Å². The van der Waals surface area contributed by atoms with Crippen molar-refractivity contribution in [2.24, 2.45) is 5.92 Å². The highest BCUT2D eigenvalue weighted by Gasteiger charge is 2.50. The Morgan fingerprint density at radius 1 is 1.04 bits per heavy atom. The molecule has 2 aliphatic rings. The second-order valence-electron chi connectivity index (χ2n) is 6.49. The summed E-state index contributed by atoms with van der Waals surface area (Å²) in [6.07, 6.45) is 0.950. The van der Waals surface area contributed by atoms with Crippen LogP contribution in [0.3, 0.4) is 0 Å². The minimum Gasteiger partial charge on any atom is -0.447 e. The van der Waals surface area contributed by atoms with Crippen molar-refractivity contribution in [3.63, 3.8) is 0 Å². The van der Waals surface area contributed by atoms with Gasteiger partial charge in [-0.15, -0.1) is 0 Å². The highest BCUT2D eigenvalue weighted by Crippen LogP contribution is 2.49. The van der Waals surface area contributed by atoms with Crippen LogP contribution in [0, 0.1) is 5.92 Å². The normalized spacial score (nSPS) is 25.4. The lowest BCUT2D eigenvalue weighted by Crippen LogP contribution is -2.41. The Bertz CT molecular complexity index is 744. The van der Waals surface area contributed by atoms with Crippen molar-refractivity contribution >= 4 is 12.0 Å². The molecule has 0 bridgehead atoms. The molecule has 0 N–H and O–H groups in total. The molecule has 3 atom stereocenters. The number of benzene rings is 2. The lowest BCUT2D eigenvalue weighted by Gasteiger charge is -2.19. The van der Waals surface area contributed by atoms with Gasteiger partial charge in [-0.25, -0.2) is 9.69 Å². The third-order valence-corrected chi connectivity index (χ3v) is 4.85. The van der Waals surface area contributed by atoms with Crippen LogP contribution >= 0.6 is 0 Å². The third-order valence-electron chi connectivity index (χ3n) is 4.85. The lowest BCUT2D eigenvalue weighted by atomic mass is 10.0. The van der Waals surface area contributed by atoms with Crippen LogP contribution in [0.15, 0.2) is 60.7 Å². The van der Waals surface area contributed by atoms with E-state index in [0.29, 0.717) is 6.42 Å². The van der Waals surface area contributed by atoms with Crippen LogP contribution in [0.1, 0.15) is 23.5 Å². The Balaban J connectivity index is 1.47. The van der Waals surface area contributed by atoms with E-state index in [9.17, 15) is 9.59 Å². The average Bonchev–Trinajstić information content (AvgIpc) is 3.35. The quantitative estimate of drug-likeness (QED) is 0.867. The highest BCUT2D eigenvalue weighted by atomic mass is 16.6. The summed E-state index contributed by atoms with van der Waals surface area (Å²) in [5.74, 6) is 0.0353. The molecule has 4 rings (SSSR count). The molecule has 2 amide bonds. The minimum absolute atomic E-state index is 0.0905. The number of hydrogen-bond acceptors (Lipinski definition) is 3. The van der Waals surface area contributed by atoms with Crippen LogP contribution in [0.2, 0.25) is 0 Å². The lowest BCUT2D eigenvalue weighted by molar-refractivity contribution is -0.130. The summed E-state index contributed by atoms with van der Waals surface area (Å²) in [6.45, 7) is 0.280. The number of imide groups is 1. The van der Waals surface area contributed by atoms with E-state index in [0.717, 1.165) is 12.0 Å². The molecule has 1 aliphatic heterocycles. The van der Waals surface area contributed by atoms with Gasteiger partial charge in [-0.2, -0.15) is 0 Å². The monoisotopic (exact) mass is 321 g/mol. The zero-order valence-corrected chi connectivity index (χ0v) is 13.3. The number of cyclic esters (lactones) is 1. The van der Waals surface area contributed by atoms with Gasteiger partial charge in [-0.05, 0) is 29.9 Å². The molecule has 1 heterocycles. The van der Waals surface area contributed by atoms with Crippen molar-refractivity contribution in [3.8, 4) is 0 Å². The smallest absolute Gasteiger partial charge is 0.416 e. The first-order valence-electron chi connectivity index (χ1n) is 8.33. The van der Waals surface area contributed by atoms with Gasteiger partial charge in [-0.3, -0.25) is 4.79 Å². The fraction of sp³-hybridized carbons (Fsp3) is 0.300. The number of nitrogens with zero attached hydrogens (tertiary/aromatic N) is 1. The summed E-state index contributed by atoms with van der Waals surface area (Å²) >= 11 is 0. The van der Waals surface area contributed by atoms with Crippen molar-refractivity contribution in [1.29, 1.82) is 0 Å². The van der Waals surface area contributed by atoms with Crippen LogP contribution < -0.4 is 0 Å². The van der Waals surface area contributed by atoms with Crippen molar-refractivity contribution in [2.75, 3.05) is 6.61 Å². The molecule has 0 unspecified atom stereocenters. The van der Waals surface area contributed by atoms with E-state index >= 15 is 0 Å². The molecule has 122 valence electrons. The van der Waals surface area contributed by atoms with E-state index in [1.54, 1.807) is 0 Å². The molecular weight excluding hydrogens is 302 g/mol. The number of carbonyl (C=O) groups excluding carboxylic acids is 2. The summed E-state index contributed by atoms with van der Waals surface area (Å²) in [4.78, 5) is 26.2. The molecule has 1 saturated carbocycles. The van der Waals surface area contributed by atoms with Gasteiger partial charge in [0.25, 0.3) is 0 Å². The van der Waals surface area contributed by atoms with Crippen LogP contribution in [-0.2, 0) is 16.0 Å². The number of hydrogen-bond donors (Lipinski definition) is 0. The molecule has 24 heavy (non-hydrogen) atoms. The zero-order chi connectivity index (χ0) is 16.5. The van der Waals surface area contributed by atoms with E-state index in [-0.39, 0.29) is 30.4 Å². The van der Waals surface area contributed by atoms with Crippen LogP contribution in [0.25, 0.3) is 0 Å². The van der Waals surface area contributed by atoms with Gasteiger partial charge < -0.3 is 4.74 Å². The first-order valence-corrected chi connectivity index (χ1v) is 8.33. The molecular formula is C20H19NO3. The number of ether oxygens (including phenoxy) is 1. The first kappa shape index (κ1) is 14.9. The van der Waals surface area contributed by atoms with Crippen LogP contribution in [-0.4, -0.2) is 29.5 Å². The van der Waals surface area contributed by atoms with Crippen molar-refractivity contribution < 1.29 is 14.3 Å². The third kappa shape index (κ3) is 2.80. The van der Waals surface area contributed by atoms with Crippen molar-refractivity contribution in [3.05, 3.63) is 71.8 Å². The summed E-state index contributed by atoms with van der Waals surface area (Å²) in [5, 5.41) is 0. The maximum absolute atomic E-state index is 12.8. The highest BCUT2D eigenvalue weighted by molar-refractivity contribution is 5.96. The molecule has 2 aromatic carbocycles. The Morgan fingerprint density at radius 3 is 2.42 bits per heavy atom. The van der Waals surface area contributed by atoms with Gasteiger partial charge in [0.15, 0.2) is 0 Å². The standard InChI is InChI=1S/C20H19NO3/c22-19(18-12-17(18)15-9-5-2-6-10-15)21-16(13-24-20(21)23)11-14-7-3-1-4-8-14/h1-10,16-18H,11-13H2/t16-,17-,18+/m0/s1. The van der Waals surface area contributed by atoms with Crippen molar-refractivity contribution in [2.45, 2.75) is 24.8 Å². The van der Waals surface area contributed by atoms with Gasteiger partial charge in [-0.1, -0.05) is 60.7 Å². The van der Waals surface area contributed by atoms with Gasteiger partial charge in [0, 0.05) is 5.92 Å². The fourth-order valence-corrected chi connectivity index (χ4v) is 3.48. The Labute approximate surface area is 141 Å². The molecule has 1 saturated heterocycles. The first-order chi connectivity index (χ1) is 11.7. The summed E-state index contributed by atoms with van der Waals surface area (Å²) in [7, 11) is 0. The Kier molecular flexibility index (Phi) is 3.81. The molecule has 0 radical (unpaired) electrons. The fourth-order valence-electron chi connectivity index (χ4n) is 3.48. The predicted octanol–water partition coefficient (Wildman–Crippen LogP) is 3.38. The molecule has 1 aliphatic carbocycles. The predicted molar refractivity (Wildman–Crippen MR) is 89.4 cm³/mol. The SMILES string of the molecule is O=C1OC[C@H](Cc2ccccc2)N1C(=O)[C@@H]1C[C@H]1c1ccccc1. The number of amides is 2. The minimum atomic E-state index is -0.500. The van der Waals surface area contributed by atoms with Gasteiger partial charge in [0.2, 0.25) is 5.91 Å². The summed E-state index contributed by atoms with van der Waals surface area (Å²) in [5.41, 5.74) is 2.28. The molecule has 2 aromatic rings. The van der Waals surface area contributed by atoms with Gasteiger partial charge >= 0.3 is 6.09 Å². The topological polar surface area (TPSA) is 46.6 Å². The second-order valence-corrected chi connectivity index (χ2v) is 6.49. The molecule has 0 aromatic heterocycles. The summed E-state index contributed by atoms with van der Waals surface area (Å²) < 4.78 is 5.16. The maximum atomic E-state index is 12.8. The van der Waals surface area contributed by atoms with Crippen molar-refractivity contribution in [1.82, 2.24) is 4.90 Å². The van der Waals surface area contributed by atoms with E-state index in [1.807, 2.05) is 60.7 Å². The van der Waals surface area contributed by atoms with E-state index in [1.165, 1.54) is 10.5 Å². The van der Waals surface area contributed by atoms with E-state index < -0.39 is 6.09 Å². The maximum Gasteiger partial charge on any atom is 0.416 e. The Morgan fingerprint density at radius 2 is 1.71 bits per heavy atom. The Hall–Kier alpha value is -2.62. The molecule has 0 spiro atoms. The number of rotatable bonds is 4. The van der Waals surface area contributed by atoms with Crippen LogP contribution in [0.4, 0.5) is 4.79 Å². The molecule has 4 heteroatoms. The largest absolute Gasteiger partial charge is 0.447 e. The van der Waals surface area contributed by atoms with Crippen LogP contribution in [0.5, 0.6) is 0 Å². The molecule has 4 nitrogen and oxygen atoms in total. The zero-order valence-electron chi connectivity index (χ0n) is 13.3. The second kappa shape index (κ2) is 6.11. The molecule has 2 fully saturated rings. The van der Waals surface area contributed by atoms with Gasteiger partial charge in [0.1, 0.15) is 6.61 Å². The summed E-state index contributed by atoms with van der Waals surface area (Å²) in [6, 6.07) is 19.7. The number of carbonyl (C=O) groups is 2. The average molecular weight is 321 g/mol. The van der Waals surface area contributed by atoms with E-state index in [2.05, 4.69) is 0 Å². The van der Waals surface area contributed by atoms with Gasteiger partial charge in [0.05, 0.1) is 6.04 Å².